The molecule has 120 valence electrons. The molecule has 1 aromatic heterocycles. The first-order chi connectivity index (χ1) is 11.6. The predicted molar refractivity (Wildman–Crippen MR) is 93.7 cm³/mol. The zero-order valence-electron chi connectivity index (χ0n) is 13.1. The number of nitrogens with two attached hydrogens (primary N) is 1. The molecule has 3 aromatic rings. The molecule has 5 nitrogen and oxygen atoms in total. The number of Topliss-reactive ketones (excluding diaryl/α,β-unsaturated/α-hetero) is 1. The Morgan fingerprint density at radius 2 is 1.79 bits per heavy atom. The van der Waals surface area contributed by atoms with E-state index < -0.39 is 6.03 Å². The number of nitrogens with one attached hydrogen (secondary N) is 1. The molecule has 4 rings (SSSR count). The smallest absolute Gasteiger partial charge is 0.316 e. The van der Waals surface area contributed by atoms with Crippen molar-refractivity contribution in [1.82, 2.24) is 4.57 Å². The average Bonchev–Trinajstić information content (AvgIpc) is 2.91. The summed E-state index contributed by atoms with van der Waals surface area (Å²) in [5.74, 6) is 0.221. The van der Waals surface area contributed by atoms with E-state index in [0.29, 0.717) is 12.1 Å². The molecule has 0 spiro atoms. The maximum absolute atomic E-state index is 12.4. The van der Waals surface area contributed by atoms with Gasteiger partial charge in [0.05, 0.1) is 5.52 Å². The summed E-state index contributed by atoms with van der Waals surface area (Å²) < 4.78 is 2.15. The number of ketones is 1. The first-order valence-corrected chi connectivity index (χ1v) is 7.97. The Labute approximate surface area is 139 Å². The first-order valence-electron chi connectivity index (χ1n) is 7.97. The number of nitrogens with zero attached hydrogens (tertiary/aromatic N) is 1. The van der Waals surface area contributed by atoms with Gasteiger partial charge in [-0.25, -0.2) is 4.79 Å². The van der Waals surface area contributed by atoms with Gasteiger partial charge in [-0.2, -0.15) is 0 Å². The number of aromatic nitrogens is 1. The fourth-order valence-corrected chi connectivity index (χ4v) is 3.51. The average molecular weight is 319 g/mol. The SMILES string of the molecule is NC(=O)Nc1ccc(-n2c3c(c4ccccc42)C(=O)CCC3)cc1. The van der Waals surface area contributed by atoms with Crippen LogP contribution in [0, 0.1) is 0 Å². The molecule has 0 bridgehead atoms. The fraction of sp³-hybridized carbons (Fsp3) is 0.158. The molecule has 0 atom stereocenters. The minimum Gasteiger partial charge on any atom is -0.351 e. The number of para-hydroxylation sites is 1. The summed E-state index contributed by atoms with van der Waals surface area (Å²) in [6, 6.07) is 14.9. The van der Waals surface area contributed by atoms with Crippen molar-refractivity contribution < 1.29 is 9.59 Å². The molecule has 24 heavy (non-hydrogen) atoms. The molecule has 5 heteroatoms. The molecule has 1 aliphatic carbocycles. The van der Waals surface area contributed by atoms with Gasteiger partial charge in [0.1, 0.15) is 0 Å². The van der Waals surface area contributed by atoms with E-state index in [2.05, 4.69) is 9.88 Å². The van der Waals surface area contributed by atoms with Crippen LogP contribution in [0.3, 0.4) is 0 Å². The molecule has 2 amide bonds. The zero-order valence-corrected chi connectivity index (χ0v) is 13.1. The normalized spacial score (nSPS) is 13.8. The van der Waals surface area contributed by atoms with Gasteiger partial charge in [-0.05, 0) is 43.2 Å². The number of urea groups is 1. The number of amides is 2. The van der Waals surface area contributed by atoms with Crippen molar-refractivity contribution in [1.29, 1.82) is 0 Å². The lowest BCUT2D eigenvalue weighted by molar-refractivity contribution is 0.0973. The summed E-state index contributed by atoms with van der Waals surface area (Å²) >= 11 is 0. The van der Waals surface area contributed by atoms with E-state index >= 15 is 0 Å². The number of hydrogen-bond acceptors (Lipinski definition) is 2. The number of rotatable bonds is 2. The van der Waals surface area contributed by atoms with Crippen LogP contribution in [-0.4, -0.2) is 16.4 Å². The van der Waals surface area contributed by atoms with E-state index in [1.165, 1.54) is 0 Å². The number of fused-ring (bicyclic) bond motifs is 3. The zero-order chi connectivity index (χ0) is 16.7. The summed E-state index contributed by atoms with van der Waals surface area (Å²) in [4.78, 5) is 23.4. The predicted octanol–water partition coefficient (Wildman–Crippen LogP) is 3.64. The Morgan fingerprint density at radius 1 is 1.04 bits per heavy atom. The molecule has 0 saturated carbocycles. The van der Waals surface area contributed by atoms with Crippen LogP contribution >= 0.6 is 0 Å². The number of carbonyl (C=O) groups is 2. The van der Waals surface area contributed by atoms with Crippen LogP contribution in [0.15, 0.2) is 48.5 Å². The van der Waals surface area contributed by atoms with Crippen molar-refractivity contribution in [3.05, 3.63) is 59.8 Å². The lowest BCUT2D eigenvalue weighted by Gasteiger charge is -2.15. The number of hydrogen-bond donors (Lipinski definition) is 2. The third kappa shape index (κ3) is 2.25. The summed E-state index contributed by atoms with van der Waals surface area (Å²) in [5, 5.41) is 3.57. The third-order valence-electron chi connectivity index (χ3n) is 4.46. The van der Waals surface area contributed by atoms with Crippen molar-refractivity contribution in [2.75, 3.05) is 5.32 Å². The van der Waals surface area contributed by atoms with E-state index in [1.54, 1.807) is 0 Å². The highest BCUT2D eigenvalue weighted by molar-refractivity contribution is 6.10. The first kappa shape index (κ1) is 14.5. The maximum Gasteiger partial charge on any atom is 0.316 e. The highest BCUT2D eigenvalue weighted by Crippen LogP contribution is 2.34. The van der Waals surface area contributed by atoms with Crippen LogP contribution in [0.5, 0.6) is 0 Å². The number of primary amides is 1. The standard InChI is InChI=1S/C19H17N3O2/c20-19(24)21-12-8-10-13(11-9-12)22-15-5-2-1-4-14(15)18-16(22)6-3-7-17(18)23/h1-2,4-5,8-11H,3,6-7H2,(H3,20,21,24). The Bertz CT molecular complexity index is 955. The molecule has 2 aromatic carbocycles. The van der Waals surface area contributed by atoms with E-state index in [9.17, 15) is 9.59 Å². The molecular weight excluding hydrogens is 302 g/mol. The van der Waals surface area contributed by atoms with Crippen LogP contribution < -0.4 is 11.1 Å². The van der Waals surface area contributed by atoms with Crippen LogP contribution in [0.1, 0.15) is 28.9 Å². The Balaban J connectivity index is 1.90. The molecule has 1 heterocycles. The van der Waals surface area contributed by atoms with Gasteiger partial charge in [0.15, 0.2) is 5.78 Å². The Hall–Kier alpha value is -3.08. The third-order valence-corrected chi connectivity index (χ3v) is 4.46. The van der Waals surface area contributed by atoms with Gasteiger partial charge in [0.25, 0.3) is 0 Å². The van der Waals surface area contributed by atoms with Crippen molar-refractivity contribution in [3.8, 4) is 5.69 Å². The molecular formula is C19H17N3O2. The van der Waals surface area contributed by atoms with Gasteiger partial charge in [-0.15, -0.1) is 0 Å². The second-order valence-electron chi connectivity index (χ2n) is 5.99. The molecule has 0 aliphatic heterocycles. The number of carbonyl (C=O) groups excluding carboxylic acids is 2. The number of anilines is 1. The lowest BCUT2D eigenvalue weighted by Crippen LogP contribution is -2.19. The second kappa shape index (κ2) is 5.53. The highest BCUT2D eigenvalue weighted by Gasteiger charge is 2.25. The minimum atomic E-state index is -0.586. The van der Waals surface area contributed by atoms with Crippen molar-refractivity contribution in [3.63, 3.8) is 0 Å². The van der Waals surface area contributed by atoms with E-state index in [4.69, 9.17) is 5.73 Å². The largest absolute Gasteiger partial charge is 0.351 e. The van der Waals surface area contributed by atoms with E-state index in [-0.39, 0.29) is 5.78 Å². The molecule has 0 unspecified atom stereocenters. The molecule has 1 aliphatic rings. The lowest BCUT2D eigenvalue weighted by atomic mass is 9.94. The van der Waals surface area contributed by atoms with Gasteiger partial charge < -0.3 is 15.6 Å². The van der Waals surface area contributed by atoms with Gasteiger partial charge in [-0.1, -0.05) is 18.2 Å². The maximum atomic E-state index is 12.4. The summed E-state index contributed by atoms with van der Waals surface area (Å²) in [6.45, 7) is 0. The van der Waals surface area contributed by atoms with E-state index in [1.807, 2.05) is 48.5 Å². The summed E-state index contributed by atoms with van der Waals surface area (Å²) in [6.07, 6.45) is 2.38. The summed E-state index contributed by atoms with van der Waals surface area (Å²) in [7, 11) is 0. The molecule has 0 fully saturated rings. The quantitative estimate of drug-likeness (QED) is 0.756. The topological polar surface area (TPSA) is 77.1 Å². The minimum absolute atomic E-state index is 0.221. The van der Waals surface area contributed by atoms with Crippen molar-refractivity contribution in [2.45, 2.75) is 19.3 Å². The molecule has 3 N–H and O–H groups in total. The molecule has 0 saturated heterocycles. The fourth-order valence-electron chi connectivity index (χ4n) is 3.51. The molecule has 0 radical (unpaired) electrons. The van der Waals surface area contributed by atoms with Crippen molar-refractivity contribution >= 4 is 28.4 Å². The van der Waals surface area contributed by atoms with Gasteiger partial charge in [0, 0.05) is 34.4 Å². The van der Waals surface area contributed by atoms with Crippen LogP contribution in [0.4, 0.5) is 10.5 Å². The second-order valence-corrected chi connectivity index (χ2v) is 5.99. The summed E-state index contributed by atoms with van der Waals surface area (Å²) in [5.41, 5.74) is 9.73. The van der Waals surface area contributed by atoms with Crippen LogP contribution in [0.25, 0.3) is 16.6 Å². The monoisotopic (exact) mass is 319 g/mol. The van der Waals surface area contributed by atoms with Gasteiger partial charge in [-0.3, -0.25) is 4.79 Å². The highest BCUT2D eigenvalue weighted by atomic mass is 16.2. The Kier molecular flexibility index (Phi) is 3.34. The van der Waals surface area contributed by atoms with Gasteiger partial charge >= 0.3 is 6.03 Å². The number of benzene rings is 2. The van der Waals surface area contributed by atoms with Crippen LogP contribution in [-0.2, 0) is 6.42 Å². The van der Waals surface area contributed by atoms with E-state index in [0.717, 1.165) is 40.7 Å². The Morgan fingerprint density at radius 3 is 2.54 bits per heavy atom. The van der Waals surface area contributed by atoms with Crippen LogP contribution in [0.2, 0.25) is 0 Å². The van der Waals surface area contributed by atoms with Gasteiger partial charge in [0.2, 0.25) is 0 Å². The van der Waals surface area contributed by atoms with Crippen molar-refractivity contribution in [2.24, 2.45) is 5.73 Å².